The van der Waals surface area contributed by atoms with E-state index in [0.717, 1.165) is 18.7 Å². The minimum Gasteiger partial charge on any atom is -0.301 e. The number of fused-ring (bicyclic) bond motifs is 1. The summed E-state index contributed by atoms with van der Waals surface area (Å²) in [6.45, 7) is 10.8. The average Bonchev–Trinajstić information content (AvgIpc) is 2.25. The first-order valence-corrected chi connectivity index (χ1v) is 6.61. The molecule has 2 nitrogen and oxygen atoms in total. The summed E-state index contributed by atoms with van der Waals surface area (Å²) < 4.78 is 0. The molecule has 0 N–H and O–H groups in total. The number of hydrogen-bond acceptors (Lipinski definition) is 2. The molecular formula is C16H22N2. The third-order valence-electron chi connectivity index (χ3n) is 3.81. The van der Waals surface area contributed by atoms with Crippen molar-refractivity contribution in [3.05, 3.63) is 34.4 Å². The Kier molecular flexibility index (Phi) is 3.21. The van der Waals surface area contributed by atoms with Gasteiger partial charge < -0.3 is 4.90 Å². The monoisotopic (exact) mass is 242 g/mol. The minimum absolute atomic E-state index is 0.0584. The fourth-order valence-electron chi connectivity index (χ4n) is 3.17. The summed E-state index contributed by atoms with van der Waals surface area (Å²) in [5.41, 5.74) is 4.79. The molecule has 96 valence electrons. The molecular weight excluding hydrogens is 220 g/mol. The van der Waals surface area contributed by atoms with Crippen LogP contribution < -0.4 is 0 Å². The smallest absolute Gasteiger partial charge is 0.0994 e. The zero-order valence-corrected chi connectivity index (χ0v) is 12.0. The predicted molar refractivity (Wildman–Crippen MR) is 74.6 cm³/mol. The summed E-state index contributed by atoms with van der Waals surface area (Å²) >= 11 is 0. The summed E-state index contributed by atoms with van der Waals surface area (Å²) in [6.07, 6.45) is 0. The van der Waals surface area contributed by atoms with Gasteiger partial charge in [0.1, 0.15) is 0 Å². The number of rotatable bonds is 1. The van der Waals surface area contributed by atoms with Crippen molar-refractivity contribution >= 4 is 0 Å². The van der Waals surface area contributed by atoms with Crippen molar-refractivity contribution in [2.24, 2.45) is 0 Å². The van der Waals surface area contributed by atoms with Gasteiger partial charge in [-0.05, 0) is 35.7 Å². The Hall–Kier alpha value is -1.33. The van der Waals surface area contributed by atoms with Gasteiger partial charge in [0.15, 0.2) is 0 Å². The summed E-state index contributed by atoms with van der Waals surface area (Å²) in [5, 5.41) is 9.43. The van der Waals surface area contributed by atoms with E-state index in [1.54, 1.807) is 0 Å². The first kappa shape index (κ1) is 13.1. The lowest BCUT2D eigenvalue weighted by atomic mass is 9.75. The van der Waals surface area contributed by atoms with Crippen molar-refractivity contribution in [3.8, 4) is 6.07 Å². The molecule has 18 heavy (non-hydrogen) atoms. The van der Waals surface area contributed by atoms with E-state index in [2.05, 4.69) is 57.8 Å². The second-order valence-corrected chi connectivity index (χ2v) is 6.43. The Morgan fingerprint density at radius 2 is 2.00 bits per heavy atom. The highest BCUT2D eigenvalue weighted by Crippen LogP contribution is 2.36. The van der Waals surface area contributed by atoms with Crippen LogP contribution in [0.25, 0.3) is 0 Å². The Balaban J connectivity index is 2.66. The van der Waals surface area contributed by atoms with Gasteiger partial charge >= 0.3 is 0 Å². The first-order valence-electron chi connectivity index (χ1n) is 6.61. The molecule has 1 aliphatic heterocycles. The number of hydrogen-bond donors (Lipinski definition) is 0. The molecule has 1 aromatic carbocycles. The SMILES string of the molecule is CC(C)c1cc(C#N)c2c(c1)CN(C)CC2(C)C. The van der Waals surface area contributed by atoms with E-state index in [4.69, 9.17) is 0 Å². The zero-order valence-electron chi connectivity index (χ0n) is 12.0. The molecule has 1 aromatic rings. The Morgan fingerprint density at radius 1 is 1.33 bits per heavy atom. The van der Waals surface area contributed by atoms with Crippen molar-refractivity contribution in [1.82, 2.24) is 4.90 Å². The van der Waals surface area contributed by atoms with Crippen LogP contribution in [0.5, 0.6) is 0 Å². The van der Waals surface area contributed by atoms with Crippen LogP contribution in [0, 0.1) is 11.3 Å². The van der Waals surface area contributed by atoms with Gasteiger partial charge in [0.2, 0.25) is 0 Å². The van der Waals surface area contributed by atoms with Gasteiger partial charge in [-0.15, -0.1) is 0 Å². The van der Waals surface area contributed by atoms with E-state index >= 15 is 0 Å². The molecule has 0 aliphatic carbocycles. The molecule has 2 heteroatoms. The molecule has 0 spiro atoms. The van der Waals surface area contributed by atoms with Crippen molar-refractivity contribution in [1.29, 1.82) is 5.26 Å². The molecule has 0 saturated carbocycles. The first-order chi connectivity index (χ1) is 8.35. The number of nitriles is 1. The topological polar surface area (TPSA) is 27.0 Å². The van der Waals surface area contributed by atoms with Crippen LogP contribution in [0.1, 0.15) is 55.9 Å². The summed E-state index contributed by atoms with van der Waals surface area (Å²) in [4.78, 5) is 2.34. The van der Waals surface area contributed by atoms with Crippen LogP contribution in [0.4, 0.5) is 0 Å². The second kappa shape index (κ2) is 4.40. The lowest BCUT2D eigenvalue weighted by molar-refractivity contribution is 0.235. The van der Waals surface area contributed by atoms with Gasteiger partial charge in [-0.3, -0.25) is 0 Å². The van der Waals surface area contributed by atoms with Gasteiger partial charge in [-0.2, -0.15) is 5.26 Å². The highest BCUT2D eigenvalue weighted by atomic mass is 15.1. The molecule has 0 saturated heterocycles. The highest BCUT2D eigenvalue weighted by Gasteiger charge is 2.33. The third-order valence-corrected chi connectivity index (χ3v) is 3.81. The van der Waals surface area contributed by atoms with Crippen LogP contribution in [-0.2, 0) is 12.0 Å². The van der Waals surface area contributed by atoms with Crippen LogP contribution in [0.15, 0.2) is 12.1 Å². The van der Waals surface area contributed by atoms with Crippen molar-refractivity contribution in [2.45, 2.75) is 45.6 Å². The summed E-state index contributed by atoms with van der Waals surface area (Å²) in [6, 6.07) is 6.77. The number of likely N-dealkylation sites (N-methyl/N-ethyl adjacent to an activating group) is 1. The zero-order chi connectivity index (χ0) is 13.5. The molecule has 0 bridgehead atoms. The van der Waals surface area contributed by atoms with Crippen molar-refractivity contribution < 1.29 is 0 Å². The fourth-order valence-corrected chi connectivity index (χ4v) is 3.17. The largest absolute Gasteiger partial charge is 0.301 e. The normalized spacial score (nSPS) is 18.5. The minimum atomic E-state index is 0.0584. The quantitative estimate of drug-likeness (QED) is 0.754. The van der Waals surface area contributed by atoms with Crippen LogP contribution >= 0.6 is 0 Å². The fraction of sp³-hybridized carbons (Fsp3) is 0.562. The van der Waals surface area contributed by atoms with Crippen molar-refractivity contribution in [3.63, 3.8) is 0 Å². The van der Waals surface area contributed by atoms with E-state index in [0.29, 0.717) is 5.92 Å². The predicted octanol–water partition coefficient (Wildman–Crippen LogP) is 3.40. The lowest BCUT2D eigenvalue weighted by Gasteiger charge is -2.39. The highest BCUT2D eigenvalue weighted by molar-refractivity contribution is 5.51. The Bertz CT molecular complexity index is 507. The van der Waals surface area contributed by atoms with E-state index in [-0.39, 0.29) is 5.41 Å². The standard InChI is InChI=1S/C16H22N2/c1-11(2)12-6-13(8-17)15-14(7-12)9-18(5)10-16(15,3)4/h6-7,11H,9-10H2,1-5H3. The number of nitrogens with zero attached hydrogens (tertiary/aromatic N) is 2. The van der Waals surface area contributed by atoms with Gasteiger partial charge in [-0.25, -0.2) is 0 Å². The number of benzene rings is 1. The van der Waals surface area contributed by atoms with Gasteiger partial charge in [0.25, 0.3) is 0 Å². The molecule has 2 rings (SSSR count). The Labute approximate surface area is 110 Å². The third kappa shape index (κ3) is 2.15. The Morgan fingerprint density at radius 3 is 2.56 bits per heavy atom. The molecule has 0 atom stereocenters. The maximum absolute atomic E-state index is 9.43. The molecule has 1 aliphatic rings. The van der Waals surface area contributed by atoms with Gasteiger partial charge in [0.05, 0.1) is 11.6 Å². The van der Waals surface area contributed by atoms with Gasteiger partial charge in [0, 0.05) is 18.5 Å². The summed E-state index contributed by atoms with van der Waals surface area (Å²) in [7, 11) is 2.15. The van der Waals surface area contributed by atoms with Gasteiger partial charge in [-0.1, -0.05) is 33.8 Å². The molecule has 0 fully saturated rings. The maximum Gasteiger partial charge on any atom is 0.0994 e. The maximum atomic E-state index is 9.43. The van der Waals surface area contributed by atoms with E-state index in [9.17, 15) is 5.26 Å². The average molecular weight is 242 g/mol. The molecule has 1 heterocycles. The van der Waals surface area contributed by atoms with Crippen LogP contribution in [-0.4, -0.2) is 18.5 Å². The second-order valence-electron chi connectivity index (χ2n) is 6.43. The summed E-state index contributed by atoms with van der Waals surface area (Å²) in [5.74, 6) is 0.470. The van der Waals surface area contributed by atoms with E-state index < -0.39 is 0 Å². The molecule has 0 unspecified atom stereocenters. The van der Waals surface area contributed by atoms with Crippen LogP contribution in [0.2, 0.25) is 0 Å². The van der Waals surface area contributed by atoms with Crippen molar-refractivity contribution in [2.75, 3.05) is 13.6 Å². The molecule has 0 amide bonds. The lowest BCUT2D eigenvalue weighted by Crippen LogP contribution is -2.40. The van der Waals surface area contributed by atoms with Crippen LogP contribution in [0.3, 0.4) is 0 Å². The molecule has 0 radical (unpaired) electrons. The van der Waals surface area contributed by atoms with E-state index in [1.807, 2.05) is 0 Å². The van der Waals surface area contributed by atoms with E-state index in [1.165, 1.54) is 16.7 Å². The molecule has 0 aromatic heterocycles.